The number of carbonyl (C=O) groups excluding carboxylic acids is 1. The van der Waals surface area contributed by atoms with Gasteiger partial charge in [0.05, 0.1) is 18.8 Å². The molecule has 0 aromatic heterocycles. The first-order valence-corrected chi connectivity index (χ1v) is 8.07. The topological polar surface area (TPSA) is 50.8 Å². The fourth-order valence-corrected chi connectivity index (χ4v) is 2.77. The molecule has 2 aliphatic heterocycles. The van der Waals surface area contributed by atoms with Gasteiger partial charge in [-0.2, -0.15) is 0 Å². The minimum atomic E-state index is -0.154. The fourth-order valence-electron chi connectivity index (χ4n) is 2.77. The molecule has 1 N–H and O–H groups in total. The van der Waals surface area contributed by atoms with Crippen molar-refractivity contribution in [3.63, 3.8) is 0 Å². The number of ether oxygens (including phenoxy) is 2. The third-order valence-corrected chi connectivity index (χ3v) is 4.09. The summed E-state index contributed by atoms with van der Waals surface area (Å²) >= 11 is 0. The lowest BCUT2D eigenvalue weighted by molar-refractivity contribution is -0.0517. The molecule has 0 aromatic carbocycles. The van der Waals surface area contributed by atoms with Crippen molar-refractivity contribution in [2.24, 2.45) is 0 Å². The first-order chi connectivity index (χ1) is 9.79. The summed E-state index contributed by atoms with van der Waals surface area (Å²) in [7, 11) is 0. The number of amides is 1. The second-order valence-corrected chi connectivity index (χ2v) is 5.74. The Morgan fingerprint density at radius 1 is 1.15 bits per heavy atom. The maximum absolute atomic E-state index is 11.8. The van der Waals surface area contributed by atoms with Crippen LogP contribution in [-0.4, -0.2) is 56.0 Å². The van der Waals surface area contributed by atoms with Crippen LogP contribution in [0.3, 0.4) is 0 Å². The first kappa shape index (κ1) is 15.6. The van der Waals surface area contributed by atoms with Gasteiger partial charge in [-0.3, -0.25) is 0 Å². The number of hydrogen-bond acceptors (Lipinski definition) is 4. The second kappa shape index (κ2) is 8.47. The van der Waals surface area contributed by atoms with E-state index in [9.17, 15) is 4.79 Å². The lowest BCUT2D eigenvalue weighted by Gasteiger charge is -2.34. The van der Waals surface area contributed by atoms with Crippen LogP contribution in [0.25, 0.3) is 0 Å². The molecule has 0 radical (unpaired) electrons. The largest absolute Gasteiger partial charge is 0.449 e. The Kier molecular flexibility index (Phi) is 6.60. The predicted octanol–water partition coefficient (Wildman–Crippen LogP) is 2.16. The van der Waals surface area contributed by atoms with Crippen LogP contribution in [0, 0.1) is 0 Å². The monoisotopic (exact) mass is 284 g/mol. The van der Waals surface area contributed by atoms with Crippen molar-refractivity contribution in [3.05, 3.63) is 0 Å². The maximum Gasteiger partial charge on any atom is 0.409 e. The zero-order chi connectivity index (χ0) is 14.2. The van der Waals surface area contributed by atoms with Crippen LogP contribution in [0.2, 0.25) is 0 Å². The number of rotatable bonds is 5. The summed E-state index contributed by atoms with van der Waals surface area (Å²) in [6, 6.07) is 0. The normalized spacial score (nSPS) is 21.9. The van der Waals surface area contributed by atoms with E-state index in [0.29, 0.717) is 18.8 Å². The Morgan fingerprint density at radius 3 is 2.45 bits per heavy atom. The van der Waals surface area contributed by atoms with Gasteiger partial charge in [0.2, 0.25) is 0 Å². The molecule has 2 rings (SSSR count). The van der Waals surface area contributed by atoms with E-state index in [1.807, 2.05) is 4.90 Å². The van der Waals surface area contributed by atoms with Crippen LogP contribution in [0.5, 0.6) is 0 Å². The highest BCUT2D eigenvalue weighted by atomic mass is 16.6. The van der Waals surface area contributed by atoms with E-state index in [4.69, 9.17) is 9.47 Å². The summed E-state index contributed by atoms with van der Waals surface area (Å²) in [5.41, 5.74) is 0. The zero-order valence-corrected chi connectivity index (χ0v) is 12.6. The van der Waals surface area contributed by atoms with E-state index < -0.39 is 0 Å². The van der Waals surface area contributed by atoms with Gasteiger partial charge in [-0.15, -0.1) is 0 Å². The van der Waals surface area contributed by atoms with Crippen LogP contribution in [0.4, 0.5) is 4.79 Å². The van der Waals surface area contributed by atoms with Gasteiger partial charge in [-0.1, -0.05) is 13.3 Å². The van der Waals surface area contributed by atoms with Crippen molar-refractivity contribution < 1.29 is 14.3 Å². The maximum atomic E-state index is 11.8. The molecular formula is C15H28N2O3. The van der Waals surface area contributed by atoms with Gasteiger partial charge in [-0.25, -0.2) is 4.79 Å². The van der Waals surface area contributed by atoms with Gasteiger partial charge in [-0.05, 0) is 45.2 Å². The van der Waals surface area contributed by atoms with E-state index in [2.05, 4.69) is 12.2 Å². The Morgan fingerprint density at radius 2 is 1.80 bits per heavy atom. The summed E-state index contributed by atoms with van der Waals surface area (Å²) in [6.07, 6.45) is 6.67. The summed E-state index contributed by atoms with van der Waals surface area (Å²) in [5, 5.41) is 3.35. The van der Waals surface area contributed by atoms with Gasteiger partial charge in [0.25, 0.3) is 0 Å². The quantitative estimate of drug-likeness (QED) is 0.786. The fraction of sp³-hybridized carbons (Fsp3) is 0.933. The smallest absolute Gasteiger partial charge is 0.409 e. The molecule has 0 aliphatic carbocycles. The molecule has 2 saturated heterocycles. The van der Waals surface area contributed by atoms with E-state index in [0.717, 1.165) is 64.7 Å². The van der Waals surface area contributed by atoms with Gasteiger partial charge in [0.15, 0.2) is 0 Å². The van der Waals surface area contributed by atoms with Crippen LogP contribution in [0.15, 0.2) is 0 Å². The molecule has 20 heavy (non-hydrogen) atoms. The molecule has 0 atom stereocenters. The second-order valence-electron chi connectivity index (χ2n) is 5.74. The van der Waals surface area contributed by atoms with Crippen molar-refractivity contribution in [1.29, 1.82) is 0 Å². The average molecular weight is 284 g/mol. The molecule has 116 valence electrons. The molecule has 5 heteroatoms. The highest BCUT2D eigenvalue weighted by Gasteiger charge is 2.26. The predicted molar refractivity (Wildman–Crippen MR) is 77.8 cm³/mol. The molecule has 0 aromatic rings. The molecule has 0 unspecified atom stereocenters. The minimum Gasteiger partial charge on any atom is -0.449 e. The number of unbranched alkanes of at least 4 members (excludes halogenated alkanes) is 1. The first-order valence-electron chi connectivity index (χ1n) is 8.07. The van der Waals surface area contributed by atoms with Gasteiger partial charge < -0.3 is 19.7 Å². The Labute approximate surface area is 122 Å². The number of nitrogens with zero attached hydrogens (tertiary/aromatic N) is 1. The molecule has 0 saturated carbocycles. The van der Waals surface area contributed by atoms with E-state index in [-0.39, 0.29) is 6.09 Å². The SMILES string of the molecule is CCCCOC(=O)N1CCC(OC2CCNCC2)CC1. The lowest BCUT2D eigenvalue weighted by atomic mass is 10.1. The lowest BCUT2D eigenvalue weighted by Crippen LogP contribution is -2.43. The number of likely N-dealkylation sites (tertiary alicyclic amines) is 1. The average Bonchev–Trinajstić information content (AvgIpc) is 2.49. The number of piperidine rings is 2. The highest BCUT2D eigenvalue weighted by molar-refractivity contribution is 5.67. The zero-order valence-electron chi connectivity index (χ0n) is 12.6. The van der Waals surface area contributed by atoms with Crippen LogP contribution < -0.4 is 5.32 Å². The Balaban J connectivity index is 1.62. The standard InChI is InChI=1S/C15H28N2O3/c1-2-3-12-19-15(18)17-10-6-14(7-11-17)20-13-4-8-16-9-5-13/h13-14,16H,2-12H2,1H3. The molecular weight excluding hydrogens is 256 g/mol. The Bertz CT molecular complexity index is 285. The van der Waals surface area contributed by atoms with Crippen LogP contribution >= 0.6 is 0 Å². The molecule has 2 aliphatic rings. The van der Waals surface area contributed by atoms with Crippen molar-refractivity contribution in [2.75, 3.05) is 32.8 Å². The van der Waals surface area contributed by atoms with E-state index >= 15 is 0 Å². The molecule has 0 spiro atoms. The summed E-state index contributed by atoms with van der Waals surface area (Å²) in [5.74, 6) is 0. The number of hydrogen-bond donors (Lipinski definition) is 1. The molecule has 1 amide bonds. The van der Waals surface area contributed by atoms with E-state index in [1.165, 1.54) is 0 Å². The molecule has 0 bridgehead atoms. The van der Waals surface area contributed by atoms with Crippen molar-refractivity contribution in [1.82, 2.24) is 10.2 Å². The van der Waals surface area contributed by atoms with E-state index in [1.54, 1.807) is 0 Å². The number of nitrogens with one attached hydrogen (secondary N) is 1. The summed E-state index contributed by atoms with van der Waals surface area (Å²) in [6.45, 7) is 6.29. The molecule has 2 heterocycles. The van der Waals surface area contributed by atoms with Crippen molar-refractivity contribution in [2.45, 2.75) is 57.7 Å². The summed E-state index contributed by atoms with van der Waals surface area (Å²) < 4.78 is 11.4. The number of carbonyl (C=O) groups is 1. The van der Waals surface area contributed by atoms with Gasteiger partial charge >= 0.3 is 6.09 Å². The van der Waals surface area contributed by atoms with Gasteiger partial charge in [0.1, 0.15) is 0 Å². The van der Waals surface area contributed by atoms with Crippen LogP contribution in [0.1, 0.15) is 45.4 Å². The van der Waals surface area contributed by atoms with Crippen LogP contribution in [-0.2, 0) is 9.47 Å². The minimum absolute atomic E-state index is 0.154. The van der Waals surface area contributed by atoms with Crippen molar-refractivity contribution >= 4 is 6.09 Å². The molecule has 5 nitrogen and oxygen atoms in total. The van der Waals surface area contributed by atoms with Gasteiger partial charge in [0, 0.05) is 13.1 Å². The molecule has 2 fully saturated rings. The van der Waals surface area contributed by atoms with Crippen molar-refractivity contribution in [3.8, 4) is 0 Å². The highest BCUT2D eigenvalue weighted by Crippen LogP contribution is 2.19. The third kappa shape index (κ3) is 4.94. The summed E-state index contributed by atoms with van der Waals surface area (Å²) in [4.78, 5) is 13.6. The Hall–Kier alpha value is -0.810. The third-order valence-electron chi connectivity index (χ3n) is 4.09.